The quantitative estimate of drug-likeness (QED) is 0.776. The van der Waals surface area contributed by atoms with Crippen molar-refractivity contribution in [3.8, 4) is 0 Å². The van der Waals surface area contributed by atoms with E-state index in [0.29, 0.717) is 25.3 Å². The van der Waals surface area contributed by atoms with Crippen LogP contribution < -0.4 is 10.6 Å². The molecule has 0 aromatic heterocycles. The lowest BCUT2D eigenvalue weighted by Gasteiger charge is -2.36. The van der Waals surface area contributed by atoms with Crippen LogP contribution in [0.25, 0.3) is 0 Å². The Morgan fingerprint density at radius 2 is 2.23 bits per heavy atom. The monoisotopic (exact) mass is 389 g/mol. The van der Waals surface area contributed by atoms with Gasteiger partial charge >= 0.3 is 6.18 Å². The summed E-state index contributed by atoms with van der Waals surface area (Å²) in [4.78, 5) is 4.29. The molecule has 0 saturated carbocycles. The maximum absolute atomic E-state index is 12.9. The summed E-state index contributed by atoms with van der Waals surface area (Å²) in [6.45, 7) is 0.901. The molecule has 3 rings (SSSR count). The second-order valence-corrected chi connectivity index (χ2v) is 7.26. The summed E-state index contributed by atoms with van der Waals surface area (Å²) in [6, 6.07) is 0.122. The Bertz CT molecular complexity index is 615. The van der Waals surface area contributed by atoms with Crippen molar-refractivity contribution in [3.63, 3.8) is 0 Å². The summed E-state index contributed by atoms with van der Waals surface area (Å²) in [6.07, 6.45) is 5.99. The first-order valence-electron chi connectivity index (χ1n) is 8.84. The van der Waals surface area contributed by atoms with Crippen LogP contribution in [0, 0.1) is 11.8 Å². The molecule has 8 heteroatoms. The van der Waals surface area contributed by atoms with Gasteiger partial charge in [0.2, 0.25) is 0 Å². The third kappa shape index (κ3) is 5.11. The molecular formula is C18H23ClF3N3O. The highest BCUT2D eigenvalue weighted by atomic mass is 35.5. The highest BCUT2D eigenvalue weighted by Gasteiger charge is 2.38. The van der Waals surface area contributed by atoms with Gasteiger partial charge in [-0.3, -0.25) is 4.99 Å². The van der Waals surface area contributed by atoms with Gasteiger partial charge in [0.05, 0.1) is 24.3 Å². The van der Waals surface area contributed by atoms with Crippen LogP contribution in [0.1, 0.15) is 19.3 Å². The molecule has 0 aromatic rings. The SMILES string of the molecule is FC(F)(F)C1CC/C=N/C(CNC2COC3C=CC=C(Cl)C3C2)=C\NC1. The van der Waals surface area contributed by atoms with Crippen LogP contribution in [-0.2, 0) is 4.74 Å². The van der Waals surface area contributed by atoms with Crippen LogP contribution in [0.5, 0.6) is 0 Å². The van der Waals surface area contributed by atoms with Gasteiger partial charge in [0.1, 0.15) is 0 Å². The lowest BCUT2D eigenvalue weighted by molar-refractivity contribution is -0.173. The minimum atomic E-state index is -4.19. The molecule has 1 aliphatic carbocycles. The van der Waals surface area contributed by atoms with E-state index in [4.69, 9.17) is 16.3 Å². The second kappa shape index (κ2) is 8.59. The fourth-order valence-electron chi connectivity index (χ4n) is 3.37. The van der Waals surface area contributed by atoms with E-state index >= 15 is 0 Å². The van der Waals surface area contributed by atoms with Crippen molar-refractivity contribution in [1.82, 2.24) is 10.6 Å². The third-order valence-electron chi connectivity index (χ3n) is 4.90. The molecule has 2 N–H and O–H groups in total. The standard InChI is InChI=1S/C18H23ClF3N3O/c19-16-4-1-5-17-15(16)7-13(11-26-17)25-10-14-9-23-8-12(18(20,21)22)3-2-6-24-14/h1,4-6,9,12-13,15,17,23,25H,2-3,7-8,10-11H2/b14-9-,24-6+. The number of rotatable bonds is 3. The largest absolute Gasteiger partial charge is 0.393 e. The third-order valence-corrected chi connectivity index (χ3v) is 5.31. The average molecular weight is 390 g/mol. The first-order valence-corrected chi connectivity index (χ1v) is 9.22. The van der Waals surface area contributed by atoms with Gasteiger partial charge < -0.3 is 15.4 Å². The molecule has 144 valence electrons. The normalized spacial score (nSPS) is 35.7. The molecule has 4 atom stereocenters. The number of hydrogen-bond donors (Lipinski definition) is 2. The number of aliphatic imine (C=N–C) groups is 1. The zero-order chi connectivity index (χ0) is 18.6. The van der Waals surface area contributed by atoms with E-state index in [1.807, 2.05) is 18.2 Å². The maximum Gasteiger partial charge on any atom is 0.393 e. The van der Waals surface area contributed by atoms with E-state index in [0.717, 1.165) is 11.5 Å². The van der Waals surface area contributed by atoms with Crippen molar-refractivity contribution in [3.05, 3.63) is 35.2 Å². The van der Waals surface area contributed by atoms with Gasteiger partial charge in [-0.25, -0.2) is 0 Å². The smallest absolute Gasteiger partial charge is 0.389 e. The summed E-state index contributed by atoms with van der Waals surface area (Å²) in [5, 5.41) is 6.94. The molecule has 4 nitrogen and oxygen atoms in total. The van der Waals surface area contributed by atoms with Gasteiger partial charge in [0.25, 0.3) is 0 Å². The lowest BCUT2D eigenvalue weighted by Crippen LogP contribution is -2.45. The minimum absolute atomic E-state index is 0.0219. The Labute approximate surface area is 156 Å². The van der Waals surface area contributed by atoms with E-state index < -0.39 is 12.1 Å². The van der Waals surface area contributed by atoms with Gasteiger partial charge in [-0.1, -0.05) is 23.8 Å². The molecule has 0 radical (unpaired) electrons. The van der Waals surface area contributed by atoms with Gasteiger partial charge in [0, 0.05) is 42.5 Å². The molecule has 3 aliphatic rings. The highest BCUT2D eigenvalue weighted by Crippen LogP contribution is 2.33. The second-order valence-electron chi connectivity index (χ2n) is 6.83. The van der Waals surface area contributed by atoms with E-state index in [1.165, 1.54) is 0 Å². The van der Waals surface area contributed by atoms with Crippen molar-refractivity contribution in [2.45, 2.75) is 37.6 Å². The molecule has 1 fully saturated rings. The number of allylic oxidation sites excluding steroid dienone is 2. The van der Waals surface area contributed by atoms with Crippen LogP contribution in [0.2, 0.25) is 0 Å². The van der Waals surface area contributed by atoms with Crippen LogP contribution in [-0.4, -0.2) is 44.2 Å². The average Bonchev–Trinajstić information content (AvgIpc) is 2.72. The molecule has 26 heavy (non-hydrogen) atoms. The lowest BCUT2D eigenvalue weighted by atomic mass is 9.88. The van der Waals surface area contributed by atoms with E-state index in [1.54, 1.807) is 12.4 Å². The summed E-state index contributed by atoms with van der Waals surface area (Å²) in [5.41, 5.74) is 0.681. The number of nitrogens with one attached hydrogen (secondary N) is 2. The fourth-order valence-corrected chi connectivity index (χ4v) is 3.66. The number of fused-ring (bicyclic) bond motifs is 1. The Kier molecular flexibility index (Phi) is 6.42. The fraction of sp³-hybridized carbons (Fsp3) is 0.611. The van der Waals surface area contributed by atoms with Crippen molar-refractivity contribution in [2.24, 2.45) is 16.8 Å². The molecule has 2 heterocycles. The minimum Gasteiger partial charge on any atom is -0.389 e. The van der Waals surface area contributed by atoms with Crippen LogP contribution >= 0.6 is 11.6 Å². The molecule has 0 spiro atoms. The molecule has 4 unspecified atom stereocenters. The summed E-state index contributed by atoms with van der Waals surface area (Å²) >= 11 is 6.28. The van der Waals surface area contributed by atoms with Crippen molar-refractivity contribution in [2.75, 3.05) is 19.7 Å². The van der Waals surface area contributed by atoms with Gasteiger partial charge in [-0.15, -0.1) is 0 Å². The van der Waals surface area contributed by atoms with Crippen molar-refractivity contribution < 1.29 is 17.9 Å². The Balaban J connectivity index is 1.52. The maximum atomic E-state index is 12.9. The van der Waals surface area contributed by atoms with E-state index in [2.05, 4.69) is 15.6 Å². The van der Waals surface area contributed by atoms with Crippen LogP contribution in [0.3, 0.4) is 0 Å². The van der Waals surface area contributed by atoms with Crippen LogP contribution in [0.15, 0.2) is 40.1 Å². The summed E-state index contributed by atoms with van der Waals surface area (Å²) in [7, 11) is 0. The summed E-state index contributed by atoms with van der Waals surface area (Å²) in [5.74, 6) is -1.20. The van der Waals surface area contributed by atoms with Gasteiger partial charge in [-0.2, -0.15) is 13.2 Å². The number of nitrogens with zero attached hydrogens (tertiary/aromatic N) is 1. The molecule has 1 saturated heterocycles. The molecule has 0 bridgehead atoms. The van der Waals surface area contributed by atoms with E-state index in [-0.39, 0.29) is 31.0 Å². The number of ether oxygens (including phenoxy) is 1. The molecule has 0 aromatic carbocycles. The molecule has 2 aliphatic heterocycles. The predicted octanol–water partition coefficient (Wildman–Crippen LogP) is 3.52. The predicted molar refractivity (Wildman–Crippen MR) is 96.1 cm³/mol. The van der Waals surface area contributed by atoms with Gasteiger partial charge in [-0.05, 0) is 25.3 Å². The van der Waals surface area contributed by atoms with Crippen molar-refractivity contribution >= 4 is 17.8 Å². The topological polar surface area (TPSA) is 45.7 Å². The highest BCUT2D eigenvalue weighted by molar-refractivity contribution is 6.30. The number of halogens is 4. The zero-order valence-electron chi connectivity index (χ0n) is 14.3. The van der Waals surface area contributed by atoms with E-state index in [9.17, 15) is 13.2 Å². The first kappa shape index (κ1) is 19.5. The Morgan fingerprint density at radius 1 is 1.38 bits per heavy atom. The Hall–Kier alpha value is -1.31. The summed E-state index contributed by atoms with van der Waals surface area (Å²) < 4.78 is 44.5. The molecule has 0 amide bonds. The molecular weight excluding hydrogens is 367 g/mol. The Morgan fingerprint density at radius 3 is 3.04 bits per heavy atom. The number of alkyl halides is 3. The van der Waals surface area contributed by atoms with Gasteiger partial charge in [0.15, 0.2) is 0 Å². The van der Waals surface area contributed by atoms with Crippen molar-refractivity contribution in [1.29, 1.82) is 0 Å². The number of hydrogen-bond acceptors (Lipinski definition) is 4. The zero-order valence-corrected chi connectivity index (χ0v) is 15.1. The van der Waals surface area contributed by atoms with Crippen LogP contribution in [0.4, 0.5) is 13.2 Å². The first-order chi connectivity index (χ1) is 12.4.